The first-order valence-electron chi connectivity index (χ1n) is 6.32. The van der Waals surface area contributed by atoms with Gasteiger partial charge < -0.3 is 10.8 Å². The number of nitrogens with zero attached hydrogens (tertiary/aromatic N) is 2. The van der Waals surface area contributed by atoms with Gasteiger partial charge in [0.05, 0.1) is 17.8 Å². The van der Waals surface area contributed by atoms with Gasteiger partial charge in [0.25, 0.3) is 0 Å². The maximum Gasteiger partial charge on any atom is 0.336 e. The van der Waals surface area contributed by atoms with E-state index < -0.39 is 5.97 Å². The van der Waals surface area contributed by atoms with E-state index in [1.165, 1.54) is 12.5 Å². The van der Waals surface area contributed by atoms with Crippen molar-refractivity contribution in [2.75, 3.05) is 5.73 Å². The molecule has 0 bridgehead atoms. The lowest BCUT2D eigenvalue weighted by Gasteiger charge is -2.25. The van der Waals surface area contributed by atoms with Crippen molar-refractivity contribution in [1.82, 2.24) is 9.78 Å². The minimum absolute atomic E-state index is 0.216. The second-order valence-corrected chi connectivity index (χ2v) is 4.90. The molecular weight excluding hydrogens is 242 g/mol. The highest BCUT2D eigenvalue weighted by atomic mass is 16.4. The molecule has 5 heteroatoms. The van der Waals surface area contributed by atoms with Crippen LogP contribution in [-0.2, 0) is 0 Å². The van der Waals surface area contributed by atoms with Crippen LogP contribution in [0.25, 0.3) is 11.1 Å². The summed E-state index contributed by atoms with van der Waals surface area (Å²) in [5.41, 5.74) is 7.79. The van der Waals surface area contributed by atoms with Crippen molar-refractivity contribution in [3.8, 4) is 11.1 Å². The summed E-state index contributed by atoms with van der Waals surface area (Å²) in [4.78, 5) is 11.3. The van der Waals surface area contributed by atoms with Crippen molar-refractivity contribution in [3.05, 3.63) is 36.2 Å². The molecule has 0 radical (unpaired) electrons. The zero-order chi connectivity index (χ0) is 13.4. The van der Waals surface area contributed by atoms with E-state index in [2.05, 4.69) is 5.10 Å². The number of carboxylic acids is 1. The minimum Gasteiger partial charge on any atom is -0.478 e. The summed E-state index contributed by atoms with van der Waals surface area (Å²) >= 11 is 0. The lowest BCUT2D eigenvalue weighted by molar-refractivity contribution is 0.0698. The van der Waals surface area contributed by atoms with Crippen LogP contribution in [-0.4, -0.2) is 20.9 Å². The van der Waals surface area contributed by atoms with Gasteiger partial charge in [-0.05, 0) is 37.0 Å². The van der Waals surface area contributed by atoms with Crippen LogP contribution in [0, 0.1) is 0 Å². The zero-order valence-electron chi connectivity index (χ0n) is 10.4. The third-order valence-electron chi connectivity index (χ3n) is 3.64. The predicted molar refractivity (Wildman–Crippen MR) is 71.9 cm³/mol. The van der Waals surface area contributed by atoms with Crippen molar-refractivity contribution in [2.45, 2.75) is 25.3 Å². The molecule has 1 heterocycles. The van der Waals surface area contributed by atoms with Gasteiger partial charge >= 0.3 is 5.97 Å². The number of aromatic nitrogens is 2. The summed E-state index contributed by atoms with van der Waals surface area (Å²) in [6.07, 6.45) is 7.17. The maximum absolute atomic E-state index is 11.3. The summed E-state index contributed by atoms with van der Waals surface area (Å²) < 4.78 is 1.93. The fourth-order valence-corrected chi connectivity index (χ4v) is 2.32. The van der Waals surface area contributed by atoms with Crippen LogP contribution in [0.15, 0.2) is 30.6 Å². The standard InChI is InChI=1S/C14H15N3O2/c15-10-4-5-12(13(6-10)14(18)19)9-7-16-17(8-9)11-2-1-3-11/h4-8,11H,1-3,15H2,(H,18,19). The Balaban J connectivity index is 2.01. The zero-order valence-corrected chi connectivity index (χ0v) is 10.4. The number of benzene rings is 1. The van der Waals surface area contributed by atoms with Crippen LogP contribution in [0.2, 0.25) is 0 Å². The third-order valence-corrected chi connectivity index (χ3v) is 3.64. The molecule has 1 aliphatic carbocycles. The molecule has 1 saturated carbocycles. The monoisotopic (exact) mass is 257 g/mol. The van der Waals surface area contributed by atoms with Crippen molar-refractivity contribution < 1.29 is 9.90 Å². The number of carboxylic acid groups (broad SMARTS) is 1. The second kappa shape index (κ2) is 4.42. The van der Waals surface area contributed by atoms with Crippen LogP contribution >= 0.6 is 0 Å². The Morgan fingerprint density at radius 1 is 1.42 bits per heavy atom. The second-order valence-electron chi connectivity index (χ2n) is 4.90. The van der Waals surface area contributed by atoms with Gasteiger partial charge in [-0.25, -0.2) is 4.79 Å². The molecule has 0 amide bonds. The van der Waals surface area contributed by atoms with Gasteiger partial charge in [0.15, 0.2) is 0 Å². The van der Waals surface area contributed by atoms with Gasteiger partial charge in [0.2, 0.25) is 0 Å². The molecule has 0 atom stereocenters. The smallest absolute Gasteiger partial charge is 0.336 e. The molecule has 3 rings (SSSR count). The number of nitrogen functional groups attached to an aromatic ring is 1. The third kappa shape index (κ3) is 2.07. The van der Waals surface area contributed by atoms with Crippen LogP contribution < -0.4 is 5.73 Å². The molecule has 1 aromatic carbocycles. The van der Waals surface area contributed by atoms with E-state index in [9.17, 15) is 9.90 Å². The number of nitrogens with two attached hydrogens (primary N) is 1. The number of hydrogen-bond acceptors (Lipinski definition) is 3. The molecule has 1 aromatic heterocycles. The van der Waals surface area contributed by atoms with Gasteiger partial charge in [-0.3, -0.25) is 4.68 Å². The Morgan fingerprint density at radius 3 is 2.84 bits per heavy atom. The highest BCUT2D eigenvalue weighted by Crippen LogP contribution is 2.33. The summed E-state index contributed by atoms with van der Waals surface area (Å²) in [5, 5.41) is 13.6. The van der Waals surface area contributed by atoms with Crippen LogP contribution in [0.5, 0.6) is 0 Å². The Kier molecular flexibility index (Phi) is 2.74. The van der Waals surface area contributed by atoms with Crippen molar-refractivity contribution in [2.24, 2.45) is 0 Å². The summed E-state index contributed by atoms with van der Waals surface area (Å²) in [6.45, 7) is 0. The van der Waals surface area contributed by atoms with E-state index >= 15 is 0 Å². The fraction of sp³-hybridized carbons (Fsp3) is 0.286. The Labute approximate surface area is 110 Å². The number of aromatic carboxylic acids is 1. The predicted octanol–water partition coefficient (Wildman–Crippen LogP) is 2.56. The molecule has 0 saturated heterocycles. The van der Waals surface area contributed by atoms with Gasteiger partial charge in [-0.2, -0.15) is 5.10 Å². The molecule has 98 valence electrons. The van der Waals surface area contributed by atoms with Crippen LogP contribution in [0.4, 0.5) is 5.69 Å². The highest BCUT2D eigenvalue weighted by molar-refractivity contribution is 5.96. The van der Waals surface area contributed by atoms with E-state index in [0.29, 0.717) is 17.3 Å². The van der Waals surface area contributed by atoms with E-state index in [0.717, 1.165) is 18.4 Å². The highest BCUT2D eigenvalue weighted by Gasteiger charge is 2.21. The Morgan fingerprint density at radius 2 is 2.21 bits per heavy atom. The maximum atomic E-state index is 11.3. The van der Waals surface area contributed by atoms with Gasteiger partial charge in [-0.15, -0.1) is 0 Å². The SMILES string of the molecule is Nc1ccc(-c2cnn(C3CCC3)c2)c(C(=O)O)c1. The molecule has 3 N–H and O–H groups in total. The Hall–Kier alpha value is -2.30. The molecule has 19 heavy (non-hydrogen) atoms. The molecule has 0 unspecified atom stereocenters. The van der Waals surface area contributed by atoms with Gasteiger partial charge in [0, 0.05) is 17.4 Å². The lowest BCUT2D eigenvalue weighted by atomic mass is 9.93. The first kappa shape index (κ1) is 11.8. The molecule has 1 fully saturated rings. The summed E-state index contributed by atoms with van der Waals surface area (Å²) in [5.74, 6) is -0.973. The van der Waals surface area contributed by atoms with Crippen molar-refractivity contribution in [1.29, 1.82) is 0 Å². The average Bonchev–Trinajstić information content (AvgIpc) is 2.75. The van der Waals surface area contributed by atoms with Crippen molar-refractivity contribution >= 4 is 11.7 Å². The molecular formula is C14H15N3O2. The van der Waals surface area contributed by atoms with Crippen LogP contribution in [0.3, 0.4) is 0 Å². The molecule has 5 nitrogen and oxygen atoms in total. The van der Waals surface area contributed by atoms with E-state index in [4.69, 9.17) is 5.73 Å². The number of anilines is 1. The number of carbonyl (C=O) groups is 1. The van der Waals surface area contributed by atoms with E-state index in [1.807, 2.05) is 10.9 Å². The first-order valence-corrected chi connectivity index (χ1v) is 6.32. The topological polar surface area (TPSA) is 81.1 Å². The van der Waals surface area contributed by atoms with E-state index in [1.54, 1.807) is 18.3 Å². The largest absolute Gasteiger partial charge is 0.478 e. The van der Waals surface area contributed by atoms with Crippen molar-refractivity contribution in [3.63, 3.8) is 0 Å². The number of rotatable bonds is 3. The molecule has 0 aliphatic heterocycles. The van der Waals surface area contributed by atoms with Gasteiger partial charge in [-0.1, -0.05) is 6.07 Å². The first-order chi connectivity index (χ1) is 9.15. The minimum atomic E-state index is -0.973. The Bertz CT molecular complexity index is 629. The number of hydrogen-bond donors (Lipinski definition) is 2. The normalized spacial score (nSPS) is 15.2. The van der Waals surface area contributed by atoms with E-state index in [-0.39, 0.29) is 5.56 Å². The fourth-order valence-electron chi connectivity index (χ4n) is 2.32. The average molecular weight is 257 g/mol. The molecule has 2 aromatic rings. The summed E-state index contributed by atoms with van der Waals surface area (Å²) in [6, 6.07) is 5.40. The lowest BCUT2D eigenvalue weighted by Crippen LogP contribution is -2.16. The molecule has 1 aliphatic rings. The van der Waals surface area contributed by atoms with Gasteiger partial charge in [0.1, 0.15) is 0 Å². The summed E-state index contributed by atoms with van der Waals surface area (Å²) in [7, 11) is 0. The van der Waals surface area contributed by atoms with Crippen LogP contribution in [0.1, 0.15) is 35.7 Å². The quantitative estimate of drug-likeness (QED) is 0.828. The molecule has 0 spiro atoms.